The number of nitrogens with zero attached hydrogens (tertiary/aromatic N) is 6. The van der Waals surface area contributed by atoms with Crippen LogP contribution in [0, 0.1) is 32.8 Å². The smallest absolute Gasteiger partial charge is 0.353 e. The van der Waals surface area contributed by atoms with Crippen LogP contribution in [-0.2, 0) is 0 Å². The Morgan fingerprint density at radius 1 is 1.18 bits per heavy atom. The summed E-state index contributed by atoms with van der Waals surface area (Å²) in [4.78, 5) is 20.8. The van der Waals surface area contributed by atoms with Gasteiger partial charge in [0.15, 0.2) is 0 Å². The van der Waals surface area contributed by atoms with Crippen molar-refractivity contribution in [1.82, 2.24) is 9.97 Å². The van der Waals surface area contributed by atoms with Gasteiger partial charge in [0.25, 0.3) is 0 Å². The van der Waals surface area contributed by atoms with Crippen LogP contribution in [-0.4, -0.2) is 34.6 Å². The highest BCUT2D eigenvalue weighted by Crippen LogP contribution is 2.34. The molecule has 1 aromatic heterocycles. The molecule has 0 radical (unpaired) electrons. The lowest BCUT2D eigenvalue weighted by Gasteiger charge is -2.21. The molecule has 10 nitrogen and oxygen atoms in total. The maximum Gasteiger partial charge on any atom is 0.353 e. The van der Waals surface area contributed by atoms with Gasteiger partial charge in [-0.2, -0.15) is 10.5 Å². The molecule has 10 heteroatoms. The fraction of sp³-hybridized carbons (Fsp3) is 0.333. The fourth-order valence-corrected chi connectivity index (χ4v) is 2.49. The van der Waals surface area contributed by atoms with Gasteiger partial charge in [-0.25, -0.2) is 9.97 Å². The summed E-state index contributed by atoms with van der Waals surface area (Å²) in [5.41, 5.74) is 0.282. The van der Waals surface area contributed by atoms with Gasteiger partial charge in [0, 0.05) is 18.8 Å². The Labute approximate surface area is 162 Å². The molecule has 0 atom stereocenters. The van der Waals surface area contributed by atoms with Crippen LogP contribution in [0.3, 0.4) is 0 Å². The normalized spacial score (nSPS) is 9.82. The topological polar surface area (TPSA) is 141 Å². The summed E-state index contributed by atoms with van der Waals surface area (Å²) < 4.78 is 5.38. The number of anilines is 3. The van der Waals surface area contributed by atoms with Crippen LogP contribution in [0.5, 0.6) is 5.75 Å². The average molecular weight is 381 g/mol. The van der Waals surface area contributed by atoms with Crippen LogP contribution in [0.1, 0.15) is 19.8 Å². The standard InChI is InChI=1S/C18H19N7O3/c1-2-28-15-7-5-14(6-8-15)23-17-16(25(26)27)18(22-13-21-17)24(11-3-9-19)12-4-10-20/h5-8,13H,2-4,11-12H2,1H3,(H,21,22,23). The molecule has 2 rings (SSSR count). The van der Waals surface area contributed by atoms with E-state index in [0.29, 0.717) is 18.0 Å². The molecule has 144 valence electrons. The van der Waals surface area contributed by atoms with Crippen molar-refractivity contribution in [2.45, 2.75) is 19.8 Å². The first kappa shape index (κ1) is 20.4. The summed E-state index contributed by atoms with van der Waals surface area (Å²) in [6, 6.07) is 10.9. The molecular formula is C18H19N7O3. The third-order valence-corrected chi connectivity index (χ3v) is 3.70. The first-order valence-corrected chi connectivity index (χ1v) is 8.58. The minimum absolute atomic E-state index is 0.0260. The molecule has 0 aliphatic carbocycles. The Morgan fingerprint density at radius 3 is 2.36 bits per heavy atom. The number of nitriles is 2. The molecule has 28 heavy (non-hydrogen) atoms. The van der Waals surface area contributed by atoms with E-state index in [1.54, 1.807) is 29.2 Å². The number of ether oxygens (including phenoxy) is 1. The summed E-state index contributed by atoms with van der Waals surface area (Å²) in [5.74, 6) is 0.780. The van der Waals surface area contributed by atoms with E-state index >= 15 is 0 Å². The highest BCUT2D eigenvalue weighted by atomic mass is 16.6. The molecule has 1 N–H and O–H groups in total. The Balaban J connectivity index is 2.37. The van der Waals surface area contributed by atoms with E-state index in [-0.39, 0.29) is 43.3 Å². The van der Waals surface area contributed by atoms with Crippen LogP contribution < -0.4 is 15.0 Å². The van der Waals surface area contributed by atoms with Crippen LogP contribution in [0.15, 0.2) is 30.6 Å². The first-order valence-electron chi connectivity index (χ1n) is 8.58. The molecule has 0 aliphatic heterocycles. The third kappa shape index (κ3) is 5.29. The number of benzene rings is 1. The Hall–Kier alpha value is -3.92. The van der Waals surface area contributed by atoms with Crippen molar-refractivity contribution in [2.24, 2.45) is 0 Å². The van der Waals surface area contributed by atoms with Gasteiger partial charge >= 0.3 is 5.69 Å². The molecule has 0 unspecified atom stereocenters. The maximum atomic E-state index is 11.7. The van der Waals surface area contributed by atoms with Gasteiger partial charge in [-0.3, -0.25) is 10.1 Å². The summed E-state index contributed by atoms with van der Waals surface area (Å²) in [6.07, 6.45) is 1.51. The van der Waals surface area contributed by atoms with Gasteiger partial charge in [0.2, 0.25) is 11.6 Å². The zero-order valence-corrected chi connectivity index (χ0v) is 15.3. The number of nitrogens with one attached hydrogen (secondary N) is 1. The molecular weight excluding hydrogens is 362 g/mol. The first-order chi connectivity index (χ1) is 13.6. The Bertz CT molecular complexity index is 870. The second-order valence-electron chi connectivity index (χ2n) is 5.54. The second-order valence-corrected chi connectivity index (χ2v) is 5.54. The van der Waals surface area contributed by atoms with E-state index in [9.17, 15) is 10.1 Å². The van der Waals surface area contributed by atoms with Gasteiger partial charge in [-0.1, -0.05) is 0 Å². The average Bonchev–Trinajstić information content (AvgIpc) is 2.69. The van der Waals surface area contributed by atoms with Gasteiger partial charge in [-0.15, -0.1) is 0 Å². The van der Waals surface area contributed by atoms with Crippen LogP contribution in [0.2, 0.25) is 0 Å². The highest BCUT2D eigenvalue weighted by Gasteiger charge is 2.27. The van der Waals surface area contributed by atoms with Crippen LogP contribution in [0.4, 0.5) is 23.0 Å². The number of rotatable bonds is 10. The quantitative estimate of drug-likeness (QED) is 0.485. The molecule has 0 fully saturated rings. The Morgan fingerprint density at radius 2 is 1.82 bits per heavy atom. The van der Waals surface area contributed by atoms with Crippen molar-refractivity contribution < 1.29 is 9.66 Å². The second kappa shape index (κ2) is 10.3. The van der Waals surface area contributed by atoms with E-state index in [1.165, 1.54) is 6.33 Å². The van der Waals surface area contributed by atoms with Gasteiger partial charge in [-0.05, 0) is 31.2 Å². The fourth-order valence-electron chi connectivity index (χ4n) is 2.49. The lowest BCUT2D eigenvalue weighted by Crippen LogP contribution is -2.27. The number of nitro groups is 1. The molecule has 0 spiro atoms. The maximum absolute atomic E-state index is 11.7. The summed E-state index contributed by atoms with van der Waals surface area (Å²) in [5, 5.41) is 32.3. The van der Waals surface area contributed by atoms with Crippen LogP contribution >= 0.6 is 0 Å². The summed E-state index contributed by atoms with van der Waals surface area (Å²) in [7, 11) is 0. The predicted octanol–water partition coefficient (Wildman–Crippen LogP) is 3.16. The monoisotopic (exact) mass is 381 g/mol. The minimum Gasteiger partial charge on any atom is -0.494 e. The van der Waals surface area contributed by atoms with E-state index in [2.05, 4.69) is 15.3 Å². The molecule has 1 aromatic carbocycles. The van der Waals surface area contributed by atoms with Crippen molar-refractivity contribution in [3.63, 3.8) is 0 Å². The molecule has 0 saturated heterocycles. The van der Waals surface area contributed by atoms with E-state index in [1.807, 2.05) is 19.1 Å². The molecule has 0 amide bonds. The third-order valence-electron chi connectivity index (χ3n) is 3.70. The van der Waals surface area contributed by atoms with E-state index in [0.717, 1.165) is 0 Å². The highest BCUT2D eigenvalue weighted by molar-refractivity contribution is 5.74. The van der Waals surface area contributed by atoms with Gasteiger partial charge in [0.05, 0.1) is 36.5 Å². The van der Waals surface area contributed by atoms with E-state index < -0.39 is 4.92 Å². The molecule has 0 saturated carbocycles. The van der Waals surface area contributed by atoms with Crippen molar-refractivity contribution in [1.29, 1.82) is 10.5 Å². The number of aromatic nitrogens is 2. The van der Waals surface area contributed by atoms with Crippen molar-refractivity contribution in [3.8, 4) is 17.9 Å². The van der Waals surface area contributed by atoms with E-state index in [4.69, 9.17) is 15.3 Å². The van der Waals surface area contributed by atoms with Crippen molar-refractivity contribution in [3.05, 3.63) is 40.7 Å². The summed E-state index contributed by atoms with van der Waals surface area (Å²) >= 11 is 0. The zero-order valence-electron chi connectivity index (χ0n) is 15.3. The summed E-state index contributed by atoms with van der Waals surface area (Å²) in [6.45, 7) is 2.86. The zero-order chi connectivity index (χ0) is 20.4. The lowest BCUT2D eigenvalue weighted by molar-refractivity contribution is -0.383. The Kier molecular flexibility index (Phi) is 7.49. The predicted molar refractivity (Wildman–Crippen MR) is 102 cm³/mol. The SMILES string of the molecule is CCOc1ccc(Nc2ncnc(N(CCC#N)CCC#N)c2[N+](=O)[O-])cc1. The molecule has 2 aromatic rings. The number of hydrogen-bond acceptors (Lipinski definition) is 9. The molecule has 0 aliphatic rings. The van der Waals surface area contributed by atoms with Crippen molar-refractivity contribution in [2.75, 3.05) is 29.9 Å². The minimum atomic E-state index is -0.571. The molecule has 1 heterocycles. The van der Waals surface area contributed by atoms with Gasteiger partial charge in [0.1, 0.15) is 12.1 Å². The van der Waals surface area contributed by atoms with Crippen molar-refractivity contribution >= 4 is 23.0 Å². The molecule has 0 bridgehead atoms. The van der Waals surface area contributed by atoms with Crippen LogP contribution in [0.25, 0.3) is 0 Å². The number of hydrogen-bond donors (Lipinski definition) is 1. The van der Waals surface area contributed by atoms with Gasteiger partial charge < -0.3 is 15.0 Å². The largest absolute Gasteiger partial charge is 0.494 e. The lowest BCUT2D eigenvalue weighted by atomic mass is 10.3.